The Bertz CT molecular complexity index is 386. The Kier molecular flexibility index (Phi) is 3.31. The first kappa shape index (κ1) is 11.5. The van der Waals surface area contributed by atoms with Gasteiger partial charge in [0.05, 0.1) is 12.1 Å². The summed E-state index contributed by atoms with van der Waals surface area (Å²) in [6.07, 6.45) is 0. The van der Waals surface area contributed by atoms with Gasteiger partial charge < -0.3 is 15.9 Å². The summed E-state index contributed by atoms with van der Waals surface area (Å²) in [5, 5.41) is 19.0. The van der Waals surface area contributed by atoms with E-state index >= 15 is 0 Å². The van der Waals surface area contributed by atoms with Crippen LogP contribution in [0, 0.1) is 0 Å². The molecule has 1 aromatic rings. The zero-order valence-corrected chi connectivity index (χ0v) is 8.82. The lowest BCUT2D eigenvalue weighted by molar-refractivity contribution is 0.0998. The summed E-state index contributed by atoms with van der Waals surface area (Å²) in [7, 11) is 0. The molecule has 0 saturated heterocycles. The maximum Gasteiger partial charge on any atom is 0.180 e. The Morgan fingerprint density at radius 1 is 1.33 bits per heavy atom. The van der Waals surface area contributed by atoms with Crippen LogP contribution in [-0.4, -0.2) is 22.5 Å². The van der Waals surface area contributed by atoms with Crippen molar-refractivity contribution in [3.63, 3.8) is 0 Å². The third-order valence-corrected chi connectivity index (χ3v) is 2.25. The van der Waals surface area contributed by atoms with Gasteiger partial charge in [-0.05, 0) is 17.5 Å². The highest BCUT2D eigenvalue weighted by atomic mass is 16.3. The smallest absolute Gasteiger partial charge is 0.180 e. The fraction of sp³-hybridized carbons (Fsp3) is 0.364. The van der Waals surface area contributed by atoms with Gasteiger partial charge in [-0.1, -0.05) is 13.8 Å². The van der Waals surface area contributed by atoms with E-state index in [1.165, 1.54) is 12.1 Å². The lowest BCUT2D eigenvalue weighted by Crippen LogP contribution is -2.14. The second kappa shape index (κ2) is 4.31. The standard InChI is InChI=1S/C11H15NO3/c1-6(2)7-3-8(11(15)5-12)10(14)4-9(7)13/h3-4,6,13-14H,5,12H2,1-2H3. The van der Waals surface area contributed by atoms with Crippen LogP contribution in [0.15, 0.2) is 12.1 Å². The maximum atomic E-state index is 11.4. The van der Waals surface area contributed by atoms with Crippen LogP contribution in [0.25, 0.3) is 0 Å². The van der Waals surface area contributed by atoms with Crippen LogP contribution in [0.3, 0.4) is 0 Å². The lowest BCUT2D eigenvalue weighted by atomic mass is 9.97. The van der Waals surface area contributed by atoms with Crippen LogP contribution < -0.4 is 5.73 Å². The molecular formula is C11H15NO3. The van der Waals surface area contributed by atoms with Crippen molar-refractivity contribution >= 4 is 5.78 Å². The highest BCUT2D eigenvalue weighted by molar-refractivity contribution is 6.00. The van der Waals surface area contributed by atoms with Gasteiger partial charge in [0.2, 0.25) is 0 Å². The predicted octanol–water partition coefficient (Wildman–Crippen LogP) is 1.36. The Balaban J connectivity index is 3.29. The molecule has 0 radical (unpaired) electrons. The first-order valence-corrected chi connectivity index (χ1v) is 4.76. The van der Waals surface area contributed by atoms with Crippen LogP contribution >= 0.6 is 0 Å². The number of phenols is 2. The minimum Gasteiger partial charge on any atom is -0.508 e. The first-order chi connectivity index (χ1) is 6.97. The number of aromatic hydroxyl groups is 2. The second-order valence-electron chi connectivity index (χ2n) is 3.71. The fourth-order valence-electron chi connectivity index (χ4n) is 1.39. The third kappa shape index (κ3) is 2.27. The Morgan fingerprint density at radius 2 is 1.93 bits per heavy atom. The molecule has 0 unspecified atom stereocenters. The van der Waals surface area contributed by atoms with Gasteiger partial charge in [0.1, 0.15) is 11.5 Å². The van der Waals surface area contributed by atoms with Gasteiger partial charge in [-0.3, -0.25) is 4.79 Å². The van der Waals surface area contributed by atoms with Crippen LogP contribution in [0.5, 0.6) is 11.5 Å². The maximum absolute atomic E-state index is 11.4. The van der Waals surface area contributed by atoms with E-state index in [2.05, 4.69) is 0 Å². The molecule has 0 amide bonds. The highest BCUT2D eigenvalue weighted by Crippen LogP contribution is 2.32. The van der Waals surface area contributed by atoms with E-state index in [1.807, 2.05) is 13.8 Å². The van der Waals surface area contributed by atoms with Crippen LogP contribution in [0.1, 0.15) is 35.7 Å². The number of rotatable bonds is 3. The van der Waals surface area contributed by atoms with Gasteiger partial charge in [0.15, 0.2) is 5.78 Å². The van der Waals surface area contributed by atoms with Crippen molar-refractivity contribution in [1.29, 1.82) is 0 Å². The summed E-state index contributed by atoms with van der Waals surface area (Å²) < 4.78 is 0. The van der Waals surface area contributed by atoms with Gasteiger partial charge in [-0.15, -0.1) is 0 Å². The van der Waals surface area contributed by atoms with Crippen molar-refractivity contribution in [2.75, 3.05) is 6.54 Å². The zero-order valence-electron chi connectivity index (χ0n) is 8.82. The summed E-state index contributed by atoms with van der Waals surface area (Å²) in [5.41, 5.74) is 6.01. The molecule has 15 heavy (non-hydrogen) atoms. The van der Waals surface area contributed by atoms with Crippen molar-refractivity contribution in [1.82, 2.24) is 0 Å². The van der Waals surface area contributed by atoms with E-state index in [1.54, 1.807) is 0 Å². The molecule has 0 aromatic heterocycles. The summed E-state index contributed by atoms with van der Waals surface area (Å²) in [5.74, 6) is -0.493. The third-order valence-electron chi connectivity index (χ3n) is 2.25. The van der Waals surface area contributed by atoms with Gasteiger partial charge in [0.25, 0.3) is 0 Å². The largest absolute Gasteiger partial charge is 0.508 e. The molecule has 4 N–H and O–H groups in total. The van der Waals surface area contributed by atoms with E-state index < -0.39 is 0 Å². The number of hydrogen-bond donors (Lipinski definition) is 3. The molecule has 1 aromatic carbocycles. The van der Waals surface area contributed by atoms with E-state index in [9.17, 15) is 15.0 Å². The predicted molar refractivity (Wildman–Crippen MR) is 57.2 cm³/mol. The molecule has 0 heterocycles. The van der Waals surface area contributed by atoms with E-state index in [0.29, 0.717) is 5.56 Å². The van der Waals surface area contributed by atoms with E-state index in [0.717, 1.165) is 0 Å². The summed E-state index contributed by atoms with van der Waals surface area (Å²) in [6.45, 7) is 3.63. The van der Waals surface area contributed by atoms with Gasteiger partial charge in [0, 0.05) is 6.07 Å². The number of hydrogen-bond acceptors (Lipinski definition) is 4. The van der Waals surface area contributed by atoms with Crippen LogP contribution in [0.2, 0.25) is 0 Å². The number of ketones is 1. The van der Waals surface area contributed by atoms with Crippen molar-refractivity contribution in [3.8, 4) is 11.5 Å². The summed E-state index contributed by atoms with van der Waals surface area (Å²) in [4.78, 5) is 11.4. The second-order valence-corrected chi connectivity index (χ2v) is 3.71. The number of phenolic OH excluding ortho intramolecular Hbond substituents is 2. The Labute approximate surface area is 88.3 Å². The Morgan fingerprint density at radius 3 is 2.40 bits per heavy atom. The highest BCUT2D eigenvalue weighted by Gasteiger charge is 2.15. The zero-order chi connectivity index (χ0) is 11.6. The van der Waals surface area contributed by atoms with Crippen LogP contribution in [0.4, 0.5) is 0 Å². The molecule has 0 spiro atoms. The minimum absolute atomic E-state index is 0.00364. The SMILES string of the molecule is CC(C)c1cc(C(=O)CN)c(O)cc1O. The molecule has 1 rings (SSSR count). The van der Waals surface area contributed by atoms with Crippen molar-refractivity contribution < 1.29 is 15.0 Å². The van der Waals surface area contributed by atoms with Gasteiger partial charge >= 0.3 is 0 Å². The molecule has 0 aliphatic rings. The molecule has 0 fully saturated rings. The quantitative estimate of drug-likeness (QED) is 0.656. The van der Waals surface area contributed by atoms with Gasteiger partial charge in [-0.25, -0.2) is 0 Å². The molecule has 0 saturated carbocycles. The molecule has 0 bridgehead atoms. The van der Waals surface area contributed by atoms with Crippen molar-refractivity contribution in [2.45, 2.75) is 19.8 Å². The normalized spacial score (nSPS) is 10.7. The van der Waals surface area contributed by atoms with E-state index in [4.69, 9.17) is 5.73 Å². The molecule has 82 valence electrons. The monoisotopic (exact) mass is 209 g/mol. The minimum atomic E-state index is -0.339. The average molecular weight is 209 g/mol. The van der Waals surface area contributed by atoms with Crippen molar-refractivity contribution in [3.05, 3.63) is 23.3 Å². The van der Waals surface area contributed by atoms with Crippen LogP contribution in [-0.2, 0) is 0 Å². The number of benzene rings is 1. The molecule has 4 heteroatoms. The average Bonchev–Trinajstić information content (AvgIpc) is 2.16. The number of carbonyl (C=O) groups is 1. The molecule has 0 aliphatic carbocycles. The summed E-state index contributed by atoms with van der Waals surface area (Å²) in [6, 6.07) is 2.67. The molecular weight excluding hydrogens is 194 g/mol. The Hall–Kier alpha value is -1.55. The number of Topliss-reactive ketones (excluding diaryl/α,β-unsaturated/α-hetero) is 1. The first-order valence-electron chi connectivity index (χ1n) is 4.76. The van der Waals surface area contributed by atoms with Crippen molar-refractivity contribution in [2.24, 2.45) is 5.73 Å². The number of nitrogens with two attached hydrogens (primary N) is 1. The van der Waals surface area contributed by atoms with Gasteiger partial charge in [-0.2, -0.15) is 0 Å². The molecule has 0 aliphatic heterocycles. The topological polar surface area (TPSA) is 83.6 Å². The van der Waals surface area contributed by atoms with E-state index in [-0.39, 0.29) is 35.3 Å². The lowest BCUT2D eigenvalue weighted by Gasteiger charge is -2.11. The number of carbonyl (C=O) groups excluding carboxylic acids is 1. The molecule has 0 atom stereocenters. The summed E-state index contributed by atoms with van der Waals surface area (Å²) >= 11 is 0. The molecule has 4 nitrogen and oxygen atoms in total. The fourth-order valence-corrected chi connectivity index (χ4v) is 1.39.